The zero-order valence-corrected chi connectivity index (χ0v) is 15.9. The fourth-order valence-corrected chi connectivity index (χ4v) is 5.45. The molecule has 1 saturated heterocycles. The van der Waals surface area contributed by atoms with Crippen LogP contribution in [0, 0.1) is 17.8 Å². The Morgan fingerprint density at radius 2 is 1.88 bits per heavy atom. The monoisotopic (exact) mass is 388 g/mol. The maximum atomic E-state index is 12.5. The molecule has 1 amide bonds. The minimum atomic E-state index is -3.42. The molecule has 26 heavy (non-hydrogen) atoms. The number of amides is 1. The van der Waals surface area contributed by atoms with Gasteiger partial charge in [0.25, 0.3) is 10.0 Å². The zero-order valence-electron chi connectivity index (χ0n) is 14.2. The van der Waals surface area contributed by atoms with Gasteiger partial charge in [0, 0.05) is 24.6 Å². The number of nitrogens with zero attached hydrogens (tertiary/aromatic N) is 1. The van der Waals surface area contributed by atoms with Crippen LogP contribution < -0.4 is 5.32 Å². The van der Waals surface area contributed by atoms with E-state index in [2.05, 4.69) is 17.2 Å². The number of rotatable bonds is 4. The van der Waals surface area contributed by atoms with Gasteiger partial charge < -0.3 is 5.32 Å². The second-order valence-electron chi connectivity index (χ2n) is 6.00. The van der Waals surface area contributed by atoms with Crippen LogP contribution in [0.1, 0.15) is 18.4 Å². The van der Waals surface area contributed by atoms with Crippen LogP contribution in [-0.4, -0.2) is 38.3 Å². The van der Waals surface area contributed by atoms with Gasteiger partial charge in [-0.3, -0.25) is 4.79 Å². The molecule has 2 heterocycles. The second kappa shape index (κ2) is 8.49. The van der Waals surface area contributed by atoms with Crippen molar-refractivity contribution in [1.29, 1.82) is 0 Å². The summed E-state index contributed by atoms with van der Waals surface area (Å²) in [5.74, 6) is 5.71. The number of piperidine rings is 1. The van der Waals surface area contributed by atoms with Crippen LogP contribution in [0.3, 0.4) is 0 Å². The average Bonchev–Trinajstić information content (AvgIpc) is 3.22. The molecule has 1 fully saturated rings. The van der Waals surface area contributed by atoms with Gasteiger partial charge in [-0.2, -0.15) is 4.31 Å². The summed E-state index contributed by atoms with van der Waals surface area (Å²) in [6.07, 6.45) is 1.06. The van der Waals surface area contributed by atoms with Crippen molar-refractivity contribution in [2.24, 2.45) is 5.92 Å². The number of hydrogen-bond donors (Lipinski definition) is 1. The van der Waals surface area contributed by atoms with Crippen molar-refractivity contribution in [2.45, 2.75) is 17.1 Å². The van der Waals surface area contributed by atoms with Crippen molar-refractivity contribution in [3.63, 3.8) is 0 Å². The smallest absolute Gasteiger partial charge is 0.252 e. The van der Waals surface area contributed by atoms with Crippen LogP contribution in [0.15, 0.2) is 52.1 Å². The summed E-state index contributed by atoms with van der Waals surface area (Å²) in [6, 6.07) is 12.9. The van der Waals surface area contributed by atoms with Crippen molar-refractivity contribution < 1.29 is 13.2 Å². The van der Waals surface area contributed by atoms with E-state index in [4.69, 9.17) is 0 Å². The fourth-order valence-electron chi connectivity index (χ4n) is 2.84. The predicted octanol–water partition coefficient (Wildman–Crippen LogP) is 2.32. The first-order valence-corrected chi connectivity index (χ1v) is 10.7. The van der Waals surface area contributed by atoms with Crippen molar-refractivity contribution in [3.8, 4) is 11.8 Å². The molecule has 1 aromatic carbocycles. The number of benzene rings is 1. The molecule has 0 unspecified atom stereocenters. The summed E-state index contributed by atoms with van der Waals surface area (Å²) in [5.41, 5.74) is 0.911. The largest absolute Gasteiger partial charge is 0.345 e. The van der Waals surface area contributed by atoms with E-state index in [1.54, 1.807) is 17.5 Å². The third kappa shape index (κ3) is 4.52. The summed E-state index contributed by atoms with van der Waals surface area (Å²) < 4.78 is 26.8. The van der Waals surface area contributed by atoms with Crippen molar-refractivity contribution in [3.05, 3.63) is 53.4 Å². The van der Waals surface area contributed by atoms with Crippen LogP contribution in [0.4, 0.5) is 0 Å². The molecule has 0 spiro atoms. The summed E-state index contributed by atoms with van der Waals surface area (Å²) >= 11 is 1.22. The molecule has 0 bridgehead atoms. The summed E-state index contributed by atoms with van der Waals surface area (Å²) in [5, 5.41) is 4.58. The zero-order chi connectivity index (χ0) is 18.4. The van der Waals surface area contributed by atoms with Crippen LogP contribution in [0.2, 0.25) is 0 Å². The van der Waals surface area contributed by atoms with E-state index in [0.717, 1.165) is 5.56 Å². The molecule has 0 aliphatic carbocycles. The maximum Gasteiger partial charge on any atom is 0.252 e. The van der Waals surface area contributed by atoms with E-state index in [-0.39, 0.29) is 11.8 Å². The first kappa shape index (κ1) is 18.6. The Labute approximate surface area is 158 Å². The number of carbonyl (C=O) groups excluding carboxylic acids is 1. The second-order valence-corrected chi connectivity index (χ2v) is 9.11. The number of nitrogens with one attached hydrogen (secondary N) is 1. The molecular weight excluding hydrogens is 368 g/mol. The first-order chi connectivity index (χ1) is 12.6. The molecule has 0 saturated carbocycles. The molecular formula is C19H20N2O3S2. The van der Waals surface area contributed by atoms with Gasteiger partial charge >= 0.3 is 0 Å². The lowest BCUT2D eigenvalue weighted by molar-refractivity contribution is -0.125. The van der Waals surface area contributed by atoms with Crippen molar-refractivity contribution in [1.82, 2.24) is 9.62 Å². The Morgan fingerprint density at radius 1 is 1.15 bits per heavy atom. The van der Waals surface area contributed by atoms with E-state index in [1.807, 2.05) is 30.3 Å². The van der Waals surface area contributed by atoms with Crippen LogP contribution in [-0.2, 0) is 14.8 Å². The van der Waals surface area contributed by atoms with Gasteiger partial charge in [-0.25, -0.2) is 8.42 Å². The highest BCUT2D eigenvalue weighted by molar-refractivity contribution is 7.91. The number of carbonyl (C=O) groups is 1. The molecule has 1 aliphatic rings. The highest BCUT2D eigenvalue weighted by Crippen LogP contribution is 2.26. The normalized spacial score (nSPS) is 15.8. The topological polar surface area (TPSA) is 66.5 Å². The van der Waals surface area contributed by atoms with Gasteiger partial charge in [0.05, 0.1) is 6.54 Å². The number of thiophene rings is 1. The Kier molecular flexibility index (Phi) is 6.09. The van der Waals surface area contributed by atoms with E-state index < -0.39 is 10.0 Å². The molecule has 1 aliphatic heterocycles. The van der Waals surface area contributed by atoms with Gasteiger partial charge in [-0.15, -0.1) is 11.3 Å². The van der Waals surface area contributed by atoms with Gasteiger partial charge in [-0.05, 0) is 36.4 Å². The van der Waals surface area contributed by atoms with E-state index in [9.17, 15) is 13.2 Å². The van der Waals surface area contributed by atoms with Gasteiger partial charge in [0.2, 0.25) is 5.91 Å². The van der Waals surface area contributed by atoms with Crippen LogP contribution >= 0.6 is 11.3 Å². The van der Waals surface area contributed by atoms with E-state index >= 15 is 0 Å². The standard InChI is InChI=1S/C19H20N2O3S2/c22-19(20-12-4-8-16-6-2-1-3-7-16)17-10-13-21(14-11-17)26(23,24)18-9-5-15-25-18/h1-3,5-7,9,15,17H,10-14H2,(H,20,22). The first-order valence-electron chi connectivity index (χ1n) is 8.42. The molecule has 0 radical (unpaired) electrons. The molecule has 7 heteroatoms. The Balaban J connectivity index is 1.47. The lowest BCUT2D eigenvalue weighted by Crippen LogP contribution is -2.42. The Hall–Kier alpha value is -2.14. The lowest BCUT2D eigenvalue weighted by atomic mass is 9.97. The minimum Gasteiger partial charge on any atom is -0.345 e. The third-order valence-electron chi connectivity index (χ3n) is 4.27. The molecule has 5 nitrogen and oxygen atoms in total. The summed E-state index contributed by atoms with van der Waals surface area (Å²) in [4.78, 5) is 12.2. The Morgan fingerprint density at radius 3 is 2.54 bits per heavy atom. The molecule has 136 valence electrons. The summed E-state index contributed by atoms with van der Waals surface area (Å²) in [7, 11) is -3.42. The minimum absolute atomic E-state index is 0.0551. The van der Waals surface area contributed by atoms with E-state index in [0.29, 0.717) is 36.7 Å². The van der Waals surface area contributed by atoms with Crippen LogP contribution in [0.5, 0.6) is 0 Å². The highest BCUT2D eigenvalue weighted by Gasteiger charge is 2.32. The van der Waals surface area contributed by atoms with Crippen molar-refractivity contribution >= 4 is 27.3 Å². The molecule has 2 aromatic rings. The van der Waals surface area contributed by atoms with Gasteiger partial charge in [0.15, 0.2) is 0 Å². The number of hydrogen-bond acceptors (Lipinski definition) is 4. The SMILES string of the molecule is O=C(NCC#Cc1ccccc1)C1CCN(S(=O)(=O)c2cccs2)CC1. The van der Waals surface area contributed by atoms with Gasteiger partial charge in [-0.1, -0.05) is 36.1 Å². The van der Waals surface area contributed by atoms with Gasteiger partial charge in [0.1, 0.15) is 4.21 Å². The fraction of sp³-hybridized carbons (Fsp3) is 0.316. The Bertz CT molecular complexity index is 889. The quantitative estimate of drug-likeness (QED) is 0.818. The van der Waals surface area contributed by atoms with E-state index in [1.165, 1.54) is 15.6 Å². The lowest BCUT2D eigenvalue weighted by Gasteiger charge is -2.29. The third-order valence-corrected chi connectivity index (χ3v) is 7.54. The average molecular weight is 389 g/mol. The van der Waals surface area contributed by atoms with Crippen molar-refractivity contribution in [2.75, 3.05) is 19.6 Å². The predicted molar refractivity (Wildman–Crippen MR) is 102 cm³/mol. The highest BCUT2D eigenvalue weighted by atomic mass is 32.2. The molecule has 0 atom stereocenters. The van der Waals surface area contributed by atoms with Crippen LogP contribution in [0.25, 0.3) is 0 Å². The maximum absolute atomic E-state index is 12.5. The number of sulfonamides is 1. The molecule has 1 aromatic heterocycles. The molecule has 1 N–H and O–H groups in total. The molecule has 3 rings (SSSR count). The summed E-state index contributed by atoms with van der Waals surface area (Å²) in [6.45, 7) is 1.03.